The van der Waals surface area contributed by atoms with Gasteiger partial charge in [-0.2, -0.15) is 0 Å². The Morgan fingerprint density at radius 3 is 1.67 bits per heavy atom. The zero-order valence-electron chi connectivity index (χ0n) is 14.9. The molecule has 158 valence electrons. The van der Waals surface area contributed by atoms with E-state index in [1.807, 2.05) is 0 Å². The van der Waals surface area contributed by atoms with Crippen molar-refractivity contribution in [3.8, 4) is 0 Å². The predicted octanol–water partition coefficient (Wildman–Crippen LogP) is -3.30. The molecule has 3 unspecified atom stereocenters. The molecule has 7 atom stereocenters. The summed E-state index contributed by atoms with van der Waals surface area (Å²) in [6.45, 7) is -0.502. The van der Waals surface area contributed by atoms with Gasteiger partial charge in [0.1, 0.15) is 0 Å². The monoisotopic (exact) mass is 394 g/mol. The number of rotatable bonds is 12. The molecule has 0 amide bonds. The average molecular weight is 394 g/mol. The van der Waals surface area contributed by atoms with E-state index in [9.17, 15) is 30.0 Å². The van der Waals surface area contributed by atoms with Crippen LogP contribution in [-0.4, -0.2) is 104 Å². The maximum Gasteiger partial charge on any atom is 0.304 e. The molecule has 0 aromatic rings. The highest BCUT2D eigenvalue weighted by molar-refractivity contribution is 5.67. The average Bonchev–Trinajstić information content (AvgIpc) is 2.59. The SMILES string of the molecule is O=C(O)CCN[C@@H]1C(O)[C@H](NCCC(=O)O)[C@H](O)C(CCC(O)CO)[C@@H]1O. The second-order valence-corrected chi connectivity index (χ2v) is 6.80. The van der Waals surface area contributed by atoms with Crippen molar-refractivity contribution < 1.29 is 45.3 Å². The molecule has 11 nitrogen and oxygen atoms in total. The van der Waals surface area contributed by atoms with Gasteiger partial charge >= 0.3 is 11.9 Å². The van der Waals surface area contributed by atoms with Crippen LogP contribution in [-0.2, 0) is 9.59 Å². The van der Waals surface area contributed by atoms with E-state index in [1.54, 1.807) is 0 Å². The van der Waals surface area contributed by atoms with Crippen LogP contribution < -0.4 is 10.6 Å². The molecule has 27 heavy (non-hydrogen) atoms. The summed E-state index contributed by atoms with van der Waals surface area (Å²) in [4.78, 5) is 21.4. The van der Waals surface area contributed by atoms with E-state index in [2.05, 4.69) is 10.6 Å². The summed E-state index contributed by atoms with van der Waals surface area (Å²) in [5.41, 5.74) is 0. The quantitative estimate of drug-likeness (QED) is 0.160. The van der Waals surface area contributed by atoms with Crippen molar-refractivity contribution in [3.63, 3.8) is 0 Å². The third-order valence-electron chi connectivity index (χ3n) is 4.83. The first-order valence-corrected chi connectivity index (χ1v) is 8.92. The van der Waals surface area contributed by atoms with E-state index in [0.717, 1.165) is 0 Å². The Labute approximate surface area is 156 Å². The molecule has 0 saturated heterocycles. The lowest BCUT2D eigenvalue weighted by atomic mass is 9.73. The molecule has 0 aromatic heterocycles. The fourth-order valence-electron chi connectivity index (χ4n) is 3.35. The molecule has 0 aliphatic heterocycles. The number of hydrogen-bond donors (Lipinski definition) is 9. The fraction of sp³-hybridized carbons (Fsp3) is 0.875. The van der Waals surface area contributed by atoms with E-state index in [-0.39, 0.29) is 38.8 Å². The van der Waals surface area contributed by atoms with E-state index in [4.69, 9.17) is 15.3 Å². The summed E-state index contributed by atoms with van der Waals surface area (Å²) in [6.07, 6.45) is -4.99. The lowest BCUT2D eigenvalue weighted by molar-refractivity contribution is -0.138. The molecule has 1 rings (SSSR count). The Morgan fingerprint density at radius 2 is 1.30 bits per heavy atom. The van der Waals surface area contributed by atoms with Crippen LogP contribution in [0.15, 0.2) is 0 Å². The Balaban J connectivity index is 2.86. The Hall–Kier alpha value is -1.34. The number of aliphatic carboxylic acids is 2. The van der Waals surface area contributed by atoms with Gasteiger partial charge in [-0.3, -0.25) is 9.59 Å². The van der Waals surface area contributed by atoms with Crippen molar-refractivity contribution in [2.45, 2.75) is 62.2 Å². The van der Waals surface area contributed by atoms with Gasteiger partial charge in [0.05, 0.1) is 55.9 Å². The second kappa shape index (κ2) is 11.5. The summed E-state index contributed by atoms with van der Waals surface area (Å²) in [7, 11) is 0. The molecule has 9 N–H and O–H groups in total. The summed E-state index contributed by atoms with van der Waals surface area (Å²) in [6, 6.07) is -1.90. The Kier molecular flexibility index (Phi) is 10.1. The van der Waals surface area contributed by atoms with Gasteiger partial charge in [0.15, 0.2) is 0 Å². The zero-order chi connectivity index (χ0) is 20.6. The highest BCUT2D eigenvalue weighted by Gasteiger charge is 2.48. The van der Waals surface area contributed by atoms with Crippen LogP contribution >= 0.6 is 0 Å². The minimum Gasteiger partial charge on any atom is -0.481 e. The number of carbonyl (C=O) groups is 2. The van der Waals surface area contributed by atoms with Crippen LogP contribution in [0.25, 0.3) is 0 Å². The minimum absolute atomic E-state index is 0.0158. The molecule has 1 aliphatic rings. The first-order valence-electron chi connectivity index (χ1n) is 8.92. The smallest absolute Gasteiger partial charge is 0.304 e. The molecule has 0 aromatic carbocycles. The van der Waals surface area contributed by atoms with E-state index < -0.39 is 61.0 Å². The molecule has 0 bridgehead atoms. The summed E-state index contributed by atoms with van der Waals surface area (Å²) in [5, 5.41) is 73.1. The van der Waals surface area contributed by atoms with Crippen LogP contribution in [0.2, 0.25) is 0 Å². The molecule has 0 heterocycles. The third kappa shape index (κ3) is 7.30. The van der Waals surface area contributed by atoms with Gasteiger partial charge < -0.3 is 46.4 Å². The van der Waals surface area contributed by atoms with Gasteiger partial charge in [-0.15, -0.1) is 0 Å². The second-order valence-electron chi connectivity index (χ2n) is 6.80. The van der Waals surface area contributed by atoms with Crippen molar-refractivity contribution >= 4 is 11.9 Å². The Bertz CT molecular complexity index is 445. The van der Waals surface area contributed by atoms with E-state index >= 15 is 0 Å². The van der Waals surface area contributed by atoms with Gasteiger partial charge in [-0.05, 0) is 12.8 Å². The van der Waals surface area contributed by atoms with Gasteiger partial charge in [-0.25, -0.2) is 0 Å². The lowest BCUT2D eigenvalue weighted by Crippen LogP contribution is -2.69. The largest absolute Gasteiger partial charge is 0.481 e. The first-order chi connectivity index (χ1) is 12.7. The topological polar surface area (TPSA) is 200 Å². The molecule has 0 radical (unpaired) electrons. The molecular weight excluding hydrogens is 364 g/mol. The number of carboxylic acid groups (broad SMARTS) is 2. The zero-order valence-corrected chi connectivity index (χ0v) is 14.9. The number of aliphatic hydroxyl groups excluding tert-OH is 5. The summed E-state index contributed by atoms with van der Waals surface area (Å²) < 4.78 is 0. The standard InChI is InChI=1S/C16H30N2O9/c19-7-8(20)1-2-9-14(25)12(17-5-3-10(21)22)16(27)13(15(9)26)18-6-4-11(23)24/h8-9,12-20,25-27H,1-7H2,(H,21,22)(H,23,24)/t8?,9?,12-,13+,14-,15+,16?. The van der Waals surface area contributed by atoms with Crippen molar-refractivity contribution in [2.24, 2.45) is 5.92 Å². The van der Waals surface area contributed by atoms with Gasteiger partial charge in [0, 0.05) is 19.0 Å². The molecule has 1 fully saturated rings. The number of hydrogen-bond acceptors (Lipinski definition) is 9. The molecule has 1 saturated carbocycles. The number of aliphatic hydroxyl groups is 5. The van der Waals surface area contributed by atoms with Gasteiger partial charge in [-0.1, -0.05) is 0 Å². The molecule has 0 spiro atoms. The molecule has 11 heteroatoms. The van der Waals surface area contributed by atoms with E-state index in [1.165, 1.54) is 0 Å². The maximum absolute atomic E-state index is 10.7. The van der Waals surface area contributed by atoms with Crippen molar-refractivity contribution in [1.29, 1.82) is 0 Å². The number of carboxylic acids is 2. The van der Waals surface area contributed by atoms with Gasteiger partial charge in [0.2, 0.25) is 0 Å². The predicted molar refractivity (Wildman–Crippen MR) is 91.9 cm³/mol. The maximum atomic E-state index is 10.7. The summed E-state index contributed by atoms with van der Waals surface area (Å²) >= 11 is 0. The van der Waals surface area contributed by atoms with Crippen LogP contribution in [0.5, 0.6) is 0 Å². The third-order valence-corrected chi connectivity index (χ3v) is 4.83. The van der Waals surface area contributed by atoms with Crippen LogP contribution in [0, 0.1) is 5.92 Å². The van der Waals surface area contributed by atoms with E-state index in [0.29, 0.717) is 0 Å². The van der Waals surface area contributed by atoms with Crippen LogP contribution in [0.1, 0.15) is 25.7 Å². The molecule has 1 aliphatic carbocycles. The Morgan fingerprint density at radius 1 is 0.852 bits per heavy atom. The minimum atomic E-state index is -1.29. The van der Waals surface area contributed by atoms with Crippen LogP contribution in [0.3, 0.4) is 0 Å². The number of nitrogens with one attached hydrogen (secondary N) is 2. The normalized spacial score (nSPS) is 32.2. The van der Waals surface area contributed by atoms with Crippen LogP contribution in [0.4, 0.5) is 0 Å². The molecular formula is C16H30N2O9. The van der Waals surface area contributed by atoms with Crippen molar-refractivity contribution in [3.05, 3.63) is 0 Å². The highest BCUT2D eigenvalue weighted by atomic mass is 16.4. The van der Waals surface area contributed by atoms with Crippen molar-refractivity contribution in [1.82, 2.24) is 10.6 Å². The highest BCUT2D eigenvalue weighted by Crippen LogP contribution is 2.30. The van der Waals surface area contributed by atoms with Crippen molar-refractivity contribution in [2.75, 3.05) is 19.7 Å². The van der Waals surface area contributed by atoms with Gasteiger partial charge in [0.25, 0.3) is 0 Å². The lowest BCUT2D eigenvalue weighted by Gasteiger charge is -2.47. The first kappa shape index (κ1) is 23.7. The summed E-state index contributed by atoms with van der Waals surface area (Å²) in [5.74, 6) is -2.89. The fourth-order valence-corrected chi connectivity index (χ4v) is 3.35.